The number of hydrogen-bond donors (Lipinski definition) is 1. The van der Waals surface area contributed by atoms with E-state index in [0.717, 1.165) is 12.8 Å². The van der Waals surface area contributed by atoms with Gasteiger partial charge in [0.05, 0.1) is 17.1 Å². The van der Waals surface area contributed by atoms with Crippen molar-refractivity contribution in [1.29, 1.82) is 0 Å². The van der Waals surface area contributed by atoms with Crippen LogP contribution in [0.25, 0.3) is 0 Å². The molecule has 0 spiro atoms. The smallest absolute Gasteiger partial charge is 0.338 e. The number of nitro benzene ring substituents is 1. The number of hydrogen-bond acceptors (Lipinski definition) is 5. The molecule has 0 aliphatic carbocycles. The maximum absolute atomic E-state index is 12.3. The lowest BCUT2D eigenvalue weighted by atomic mass is 10.1. The molecule has 7 nitrogen and oxygen atoms in total. The lowest BCUT2D eigenvalue weighted by molar-refractivity contribution is -0.385. The van der Waals surface area contributed by atoms with Gasteiger partial charge in [-0.3, -0.25) is 14.9 Å². The molecule has 0 saturated heterocycles. The van der Waals surface area contributed by atoms with Crippen LogP contribution >= 0.6 is 0 Å². The van der Waals surface area contributed by atoms with Crippen molar-refractivity contribution in [2.45, 2.75) is 26.7 Å². The lowest BCUT2D eigenvalue weighted by Gasteiger charge is -2.08. The molecule has 0 fully saturated rings. The van der Waals surface area contributed by atoms with Crippen molar-refractivity contribution in [3.8, 4) is 0 Å². The minimum atomic E-state index is -0.495. The van der Waals surface area contributed by atoms with E-state index in [4.69, 9.17) is 4.74 Å². The Morgan fingerprint density at radius 3 is 2.58 bits per heavy atom. The Morgan fingerprint density at radius 2 is 1.92 bits per heavy atom. The highest BCUT2D eigenvalue weighted by Crippen LogP contribution is 2.20. The summed E-state index contributed by atoms with van der Waals surface area (Å²) >= 11 is 0. The molecule has 0 radical (unpaired) electrons. The van der Waals surface area contributed by atoms with Gasteiger partial charge in [0.1, 0.15) is 0 Å². The average molecular weight is 356 g/mol. The first kappa shape index (κ1) is 19.1. The van der Waals surface area contributed by atoms with E-state index < -0.39 is 16.8 Å². The van der Waals surface area contributed by atoms with Crippen molar-refractivity contribution in [1.82, 2.24) is 0 Å². The van der Waals surface area contributed by atoms with Crippen molar-refractivity contribution in [3.05, 3.63) is 69.3 Å². The number of nitrogens with zero attached hydrogens (tertiary/aromatic N) is 1. The predicted molar refractivity (Wildman–Crippen MR) is 97.4 cm³/mol. The van der Waals surface area contributed by atoms with Crippen LogP contribution in [0.1, 0.15) is 46.0 Å². The number of carbonyl (C=O) groups is 2. The monoisotopic (exact) mass is 356 g/mol. The number of carbonyl (C=O) groups excluding carboxylic acids is 2. The molecule has 1 amide bonds. The first-order valence-electron chi connectivity index (χ1n) is 8.26. The molecule has 7 heteroatoms. The molecule has 26 heavy (non-hydrogen) atoms. The van der Waals surface area contributed by atoms with E-state index in [0.29, 0.717) is 29.0 Å². The zero-order valence-corrected chi connectivity index (χ0v) is 14.7. The molecule has 2 aromatic rings. The van der Waals surface area contributed by atoms with Gasteiger partial charge in [-0.25, -0.2) is 4.79 Å². The van der Waals surface area contributed by atoms with Crippen LogP contribution < -0.4 is 5.32 Å². The van der Waals surface area contributed by atoms with E-state index >= 15 is 0 Å². The van der Waals surface area contributed by atoms with E-state index in [2.05, 4.69) is 5.32 Å². The number of ether oxygens (including phenoxy) is 1. The zero-order chi connectivity index (χ0) is 19.1. The first-order chi connectivity index (χ1) is 12.4. The summed E-state index contributed by atoms with van der Waals surface area (Å²) in [5.41, 5.74) is 1.44. The third-order valence-corrected chi connectivity index (χ3v) is 3.74. The third kappa shape index (κ3) is 4.89. The van der Waals surface area contributed by atoms with Crippen LogP contribution in [0.4, 0.5) is 11.4 Å². The van der Waals surface area contributed by atoms with Crippen molar-refractivity contribution < 1.29 is 19.2 Å². The highest BCUT2D eigenvalue weighted by molar-refractivity contribution is 6.05. The Kier molecular flexibility index (Phi) is 6.43. The summed E-state index contributed by atoms with van der Waals surface area (Å²) in [6.07, 6.45) is 1.72. The first-order valence-corrected chi connectivity index (χ1v) is 8.26. The topological polar surface area (TPSA) is 98.5 Å². The molecule has 136 valence electrons. The number of aryl methyl sites for hydroxylation is 1. The van der Waals surface area contributed by atoms with Crippen molar-refractivity contribution in [3.63, 3.8) is 0 Å². The molecular formula is C19H20N2O5. The highest BCUT2D eigenvalue weighted by atomic mass is 16.6. The minimum absolute atomic E-state index is 0.0432. The van der Waals surface area contributed by atoms with Crippen LogP contribution in [0.2, 0.25) is 0 Å². The molecule has 0 aliphatic rings. The van der Waals surface area contributed by atoms with E-state index in [9.17, 15) is 19.7 Å². The molecular weight excluding hydrogens is 336 g/mol. The number of esters is 1. The average Bonchev–Trinajstić information content (AvgIpc) is 2.61. The molecule has 0 bridgehead atoms. The second-order valence-corrected chi connectivity index (χ2v) is 5.78. The number of nitrogens with one attached hydrogen (secondary N) is 1. The molecule has 2 aromatic carbocycles. The number of benzene rings is 2. The van der Waals surface area contributed by atoms with Crippen LogP contribution in [0, 0.1) is 17.0 Å². The standard InChI is InChI=1S/C19H20N2O5/c1-3-4-10-26-19(23)15-6-5-7-16(12-15)20-18(22)14-8-9-17(21(24)25)13(2)11-14/h5-9,11-12H,3-4,10H2,1-2H3,(H,20,22). The summed E-state index contributed by atoms with van der Waals surface area (Å²) in [7, 11) is 0. The minimum Gasteiger partial charge on any atom is -0.462 e. The third-order valence-electron chi connectivity index (χ3n) is 3.74. The summed E-state index contributed by atoms with van der Waals surface area (Å²) in [5, 5.41) is 13.5. The fraction of sp³-hybridized carbons (Fsp3) is 0.263. The van der Waals surface area contributed by atoms with E-state index in [1.54, 1.807) is 25.1 Å². The fourth-order valence-electron chi connectivity index (χ4n) is 2.32. The SMILES string of the molecule is CCCCOC(=O)c1cccc(NC(=O)c2ccc([N+](=O)[O-])c(C)c2)c1. The van der Waals surface area contributed by atoms with Gasteiger partial charge in [0.2, 0.25) is 0 Å². The van der Waals surface area contributed by atoms with Gasteiger partial charge >= 0.3 is 5.97 Å². The van der Waals surface area contributed by atoms with Gasteiger partial charge in [0, 0.05) is 22.9 Å². The molecule has 0 atom stereocenters. The van der Waals surface area contributed by atoms with Crippen LogP contribution in [0.3, 0.4) is 0 Å². The summed E-state index contributed by atoms with van der Waals surface area (Å²) < 4.78 is 5.15. The number of nitro groups is 1. The van der Waals surface area contributed by atoms with Gasteiger partial charge in [-0.15, -0.1) is 0 Å². The molecule has 0 aromatic heterocycles. The predicted octanol–water partition coefficient (Wildman–Crippen LogP) is 4.11. The van der Waals surface area contributed by atoms with Crippen LogP contribution in [-0.4, -0.2) is 23.4 Å². The van der Waals surface area contributed by atoms with Gasteiger partial charge in [0.15, 0.2) is 0 Å². The largest absolute Gasteiger partial charge is 0.462 e. The van der Waals surface area contributed by atoms with E-state index in [-0.39, 0.29) is 5.69 Å². The van der Waals surface area contributed by atoms with Gasteiger partial charge in [-0.05, 0) is 43.7 Å². The lowest BCUT2D eigenvalue weighted by Crippen LogP contribution is -2.13. The van der Waals surface area contributed by atoms with Crippen molar-refractivity contribution in [2.75, 3.05) is 11.9 Å². The Labute approximate surface area is 151 Å². The van der Waals surface area contributed by atoms with Crippen LogP contribution in [-0.2, 0) is 4.74 Å². The Balaban J connectivity index is 2.09. The normalized spacial score (nSPS) is 10.2. The van der Waals surface area contributed by atoms with Crippen molar-refractivity contribution in [2.24, 2.45) is 0 Å². The van der Waals surface area contributed by atoms with Crippen LogP contribution in [0.15, 0.2) is 42.5 Å². The van der Waals surface area contributed by atoms with Gasteiger partial charge in [0.25, 0.3) is 11.6 Å². The maximum Gasteiger partial charge on any atom is 0.338 e. The highest BCUT2D eigenvalue weighted by Gasteiger charge is 2.14. The van der Waals surface area contributed by atoms with E-state index in [1.165, 1.54) is 24.3 Å². The Morgan fingerprint density at radius 1 is 1.15 bits per heavy atom. The molecule has 0 saturated carbocycles. The zero-order valence-electron chi connectivity index (χ0n) is 14.7. The summed E-state index contributed by atoms with van der Waals surface area (Å²) in [6.45, 7) is 3.93. The molecule has 2 rings (SSSR count). The maximum atomic E-state index is 12.3. The number of amides is 1. The molecule has 0 unspecified atom stereocenters. The Bertz CT molecular complexity index is 832. The van der Waals surface area contributed by atoms with Crippen LogP contribution in [0.5, 0.6) is 0 Å². The van der Waals surface area contributed by atoms with E-state index in [1.807, 2.05) is 6.92 Å². The number of unbranched alkanes of at least 4 members (excludes halogenated alkanes) is 1. The fourth-order valence-corrected chi connectivity index (χ4v) is 2.32. The van der Waals surface area contributed by atoms with Gasteiger partial charge < -0.3 is 10.1 Å². The van der Waals surface area contributed by atoms with Crippen molar-refractivity contribution >= 4 is 23.3 Å². The second-order valence-electron chi connectivity index (χ2n) is 5.78. The summed E-state index contributed by atoms with van der Waals surface area (Å²) in [6, 6.07) is 10.6. The summed E-state index contributed by atoms with van der Waals surface area (Å²) in [4.78, 5) is 34.7. The van der Waals surface area contributed by atoms with Gasteiger partial charge in [-0.1, -0.05) is 19.4 Å². The molecule has 1 N–H and O–H groups in total. The summed E-state index contributed by atoms with van der Waals surface area (Å²) in [5.74, 6) is -0.861. The molecule has 0 aliphatic heterocycles. The number of anilines is 1. The quantitative estimate of drug-likeness (QED) is 0.348. The molecule has 0 heterocycles. The van der Waals surface area contributed by atoms with Gasteiger partial charge in [-0.2, -0.15) is 0 Å². The number of rotatable bonds is 7. The second kappa shape index (κ2) is 8.75. The Hall–Kier alpha value is -3.22.